The Hall–Kier alpha value is -0.950. The Morgan fingerprint density at radius 1 is 1.35 bits per heavy atom. The van der Waals surface area contributed by atoms with Gasteiger partial charge in [-0.15, -0.1) is 0 Å². The molecular formula is C11H16N2O3S. The summed E-state index contributed by atoms with van der Waals surface area (Å²) in [7, 11) is -3.53. The standard InChI is InChI=1S/C11H16N2O3S/c14-17(15)13-9-11(6-7-16-17)12-8-10-4-2-1-3-5-10/h1-5,11-13H,6-9H2. The molecule has 1 aliphatic rings. The van der Waals surface area contributed by atoms with E-state index in [-0.39, 0.29) is 12.6 Å². The SMILES string of the molecule is O=S1(=O)NCC(NCc2ccccc2)CCO1. The molecule has 1 heterocycles. The summed E-state index contributed by atoms with van der Waals surface area (Å²) >= 11 is 0. The summed E-state index contributed by atoms with van der Waals surface area (Å²) in [4.78, 5) is 0. The predicted octanol–water partition coefficient (Wildman–Crippen LogP) is 0.399. The lowest BCUT2D eigenvalue weighted by molar-refractivity contribution is 0.305. The van der Waals surface area contributed by atoms with Crippen LogP contribution in [0.4, 0.5) is 0 Å². The molecule has 0 saturated carbocycles. The second-order valence-electron chi connectivity index (χ2n) is 3.98. The fourth-order valence-corrected chi connectivity index (χ4v) is 2.48. The molecule has 0 amide bonds. The molecule has 0 radical (unpaired) electrons. The van der Waals surface area contributed by atoms with Crippen molar-refractivity contribution in [2.45, 2.75) is 19.0 Å². The number of hydrogen-bond acceptors (Lipinski definition) is 4. The quantitative estimate of drug-likeness (QED) is 0.821. The molecule has 1 atom stereocenters. The lowest BCUT2D eigenvalue weighted by Crippen LogP contribution is -2.38. The first-order valence-electron chi connectivity index (χ1n) is 5.57. The minimum atomic E-state index is -3.53. The van der Waals surface area contributed by atoms with E-state index in [1.165, 1.54) is 5.56 Å². The highest BCUT2D eigenvalue weighted by Crippen LogP contribution is 2.04. The number of hydrogen-bond donors (Lipinski definition) is 2. The lowest BCUT2D eigenvalue weighted by Gasteiger charge is -2.14. The predicted molar refractivity (Wildman–Crippen MR) is 64.6 cm³/mol. The van der Waals surface area contributed by atoms with Crippen molar-refractivity contribution in [3.8, 4) is 0 Å². The molecule has 5 nitrogen and oxygen atoms in total. The maximum atomic E-state index is 11.1. The van der Waals surface area contributed by atoms with Crippen LogP contribution in [0.2, 0.25) is 0 Å². The average molecular weight is 256 g/mol. The molecular weight excluding hydrogens is 240 g/mol. The van der Waals surface area contributed by atoms with Crippen LogP contribution in [0.3, 0.4) is 0 Å². The van der Waals surface area contributed by atoms with Crippen molar-refractivity contribution >= 4 is 10.3 Å². The third-order valence-corrected chi connectivity index (χ3v) is 3.65. The van der Waals surface area contributed by atoms with Gasteiger partial charge in [-0.1, -0.05) is 30.3 Å². The van der Waals surface area contributed by atoms with Gasteiger partial charge < -0.3 is 5.32 Å². The fourth-order valence-electron chi connectivity index (χ4n) is 1.68. The molecule has 0 aliphatic carbocycles. The van der Waals surface area contributed by atoms with Crippen molar-refractivity contribution in [2.24, 2.45) is 0 Å². The van der Waals surface area contributed by atoms with E-state index in [0.717, 1.165) is 6.54 Å². The van der Waals surface area contributed by atoms with E-state index in [4.69, 9.17) is 4.18 Å². The molecule has 1 saturated heterocycles. The first-order valence-corrected chi connectivity index (χ1v) is 6.98. The molecule has 17 heavy (non-hydrogen) atoms. The minimum absolute atomic E-state index is 0.104. The van der Waals surface area contributed by atoms with Gasteiger partial charge in [0.25, 0.3) is 0 Å². The molecule has 0 spiro atoms. The van der Waals surface area contributed by atoms with E-state index < -0.39 is 10.3 Å². The Labute approximate surface area is 101 Å². The van der Waals surface area contributed by atoms with Gasteiger partial charge in [-0.25, -0.2) is 0 Å². The van der Waals surface area contributed by atoms with E-state index in [0.29, 0.717) is 13.0 Å². The summed E-state index contributed by atoms with van der Waals surface area (Å²) in [6.07, 6.45) is 0.680. The normalized spacial score (nSPS) is 24.1. The van der Waals surface area contributed by atoms with E-state index in [1.54, 1.807) is 0 Å². The molecule has 94 valence electrons. The molecule has 1 aliphatic heterocycles. The van der Waals surface area contributed by atoms with Gasteiger partial charge in [0, 0.05) is 19.1 Å². The van der Waals surface area contributed by atoms with Gasteiger partial charge in [0.15, 0.2) is 0 Å². The van der Waals surface area contributed by atoms with E-state index in [2.05, 4.69) is 10.0 Å². The van der Waals surface area contributed by atoms with Crippen molar-refractivity contribution in [3.63, 3.8) is 0 Å². The Balaban J connectivity index is 1.84. The van der Waals surface area contributed by atoms with Gasteiger partial charge in [0.2, 0.25) is 0 Å². The molecule has 1 unspecified atom stereocenters. The zero-order valence-corrected chi connectivity index (χ0v) is 10.2. The van der Waals surface area contributed by atoms with Crippen LogP contribution in [0.25, 0.3) is 0 Å². The summed E-state index contributed by atoms with van der Waals surface area (Å²) < 4.78 is 29.3. The Bertz CT molecular complexity index is 447. The number of nitrogens with one attached hydrogen (secondary N) is 2. The zero-order valence-electron chi connectivity index (χ0n) is 9.43. The number of benzene rings is 1. The second kappa shape index (κ2) is 5.59. The van der Waals surface area contributed by atoms with Gasteiger partial charge in [0.05, 0.1) is 6.61 Å². The first-order chi connectivity index (χ1) is 8.16. The molecule has 2 N–H and O–H groups in total. The monoisotopic (exact) mass is 256 g/mol. The fraction of sp³-hybridized carbons (Fsp3) is 0.455. The number of rotatable bonds is 3. The summed E-state index contributed by atoms with van der Waals surface area (Å²) in [6.45, 7) is 1.32. The van der Waals surface area contributed by atoms with Crippen molar-refractivity contribution in [1.29, 1.82) is 0 Å². The molecule has 1 aromatic carbocycles. The highest BCUT2D eigenvalue weighted by atomic mass is 32.2. The molecule has 1 aromatic rings. The third-order valence-electron chi connectivity index (χ3n) is 2.65. The summed E-state index contributed by atoms with van der Waals surface area (Å²) in [6, 6.07) is 10.1. The van der Waals surface area contributed by atoms with Crippen LogP contribution in [0.5, 0.6) is 0 Å². The van der Waals surface area contributed by atoms with Gasteiger partial charge in [-0.05, 0) is 12.0 Å². The second-order valence-corrected chi connectivity index (χ2v) is 5.41. The molecule has 0 aromatic heterocycles. The van der Waals surface area contributed by atoms with Crippen molar-refractivity contribution in [3.05, 3.63) is 35.9 Å². The summed E-state index contributed by atoms with van der Waals surface area (Å²) in [5.41, 5.74) is 1.18. The van der Waals surface area contributed by atoms with Crippen LogP contribution >= 0.6 is 0 Å². The van der Waals surface area contributed by atoms with Crippen LogP contribution in [-0.2, 0) is 21.0 Å². The molecule has 2 rings (SSSR count). The smallest absolute Gasteiger partial charge is 0.309 e. The summed E-state index contributed by atoms with van der Waals surface area (Å²) in [5.74, 6) is 0. The largest absolute Gasteiger partial charge is 0.335 e. The maximum Gasteiger partial charge on any atom is 0.335 e. The van der Waals surface area contributed by atoms with Crippen molar-refractivity contribution in [1.82, 2.24) is 10.0 Å². The van der Waals surface area contributed by atoms with Crippen molar-refractivity contribution < 1.29 is 12.6 Å². The van der Waals surface area contributed by atoms with Crippen LogP contribution in [0, 0.1) is 0 Å². The molecule has 6 heteroatoms. The molecule has 0 bridgehead atoms. The Morgan fingerprint density at radius 2 is 2.12 bits per heavy atom. The van der Waals surface area contributed by atoms with Crippen LogP contribution in [0.1, 0.15) is 12.0 Å². The van der Waals surface area contributed by atoms with Crippen LogP contribution in [0.15, 0.2) is 30.3 Å². The Morgan fingerprint density at radius 3 is 2.88 bits per heavy atom. The van der Waals surface area contributed by atoms with Crippen molar-refractivity contribution in [2.75, 3.05) is 13.2 Å². The first kappa shape index (κ1) is 12.5. The third kappa shape index (κ3) is 4.08. The topological polar surface area (TPSA) is 67.4 Å². The van der Waals surface area contributed by atoms with Gasteiger partial charge >= 0.3 is 10.3 Å². The highest BCUT2D eigenvalue weighted by Gasteiger charge is 2.19. The van der Waals surface area contributed by atoms with E-state index in [9.17, 15) is 8.42 Å². The van der Waals surface area contributed by atoms with Gasteiger partial charge in [-0.3, -0.25) is 4.18 Å². The van der Waals surface area contributed by atoms with Gasteiger partial charge in [0.1, 0.15) is 0 Å². The van der Waals surface area contributed by atoms with E-state index >= 15 is 0 Å². The van der Waals surface area contributed by atoms with E-state index in [1.807, 2.05) is 30.3 Å². The minimum Gasteiger partial charge on any atom is -0.309 e. The Kier molecular flexibility index (Phi) is 4.11. The highest BCUT2D eigenvalue weighted by molar-refractivity contribution is 7.84. The van der Waals surface area contributed by atoms with Gasteiger partial charge in [-0.2, -0.15) is 13.1 Å². The lowest BCUT2D eigenvalue weighted by atomic mass is 10.2. The van der Waals surface area contributed by atoms with Crippen LogP contribution < -0.4 is 10.0 Å². The summed E-state index contributed by atoms with van der Waals surface area (Å²) in [5, 5.41) is 3.31. The maximum absolute atomic E-state index is 11.1. The zero-order chi connectivity index (χ0) is 12.1. The average Bonchev–Trinajstić information content (AvgIpc) is 2.49. The van der Waals surface area contributed by atoms with Crippen LogP contribution in [-0.4, -0.2) is 27.6 Å². The molecule has 1 fully saturated rings.